The number of benzene rings is 3. The fraction of sp³-hybridized carbons (Fsp3) is 0.333. The van der Waals surface area contributed by atoms with Gasteiger partial charge in [-0.1, -0.05) is 42.5 Å². The molecule has 6 heteroatoms. The first-order valence-electron chi connectivity index (χ1n) is 11.5. The summed E-state index contributed by atoms with van der Waals surface area (Å²) in [5.41, 5.74) is 1.47. The number of carbonyl (C=O) groups is 2. The lowest BCUT2D eigenvalue weighted by molar-refractivity contribution is 0.0371. The number of amides is 1. The van der Waals surface area contributed by atoms with Crippen molar-refractivity contribution in [2.45, 2.75) is 19.3 Å². The van der Waals surface area contributed by atoms with E-state index in [2.05, 4.69) is 10.2 Å². The molecule has 6 nitrogen and oxygen atoms in total. The molecular weight excluding hydrogens is 416 g/mol. The molecule has 172 valence electrons. The van der Waals surface area contributed by atoms with Crippen molar-refractivity contribution in [2.75, 3.05) is 45.3 Å². The number of nitrogens with one attached hydrogen (secondary N) is 1. The lowest BCUT2D eigenvalue weighted by atomic mass is 10.0. The Balaban J connectivity index is 1.47. The minimum absolute atomic E-state index is 0.00379. The number of unbranched alkanes of at least 4 members (excludes halogenated alkanes) is 1. The van der Waals surface area contributed by atoms with Gasteiger partial charge in [0.1, 0.15) is 5.75 Å². The molecule has 0 unspecified atom stereocenters. The van der Waals surface area contributed by atoms with E-state index in [0.29, 0.717) is 29.0 Å². The highest BCUT2D eigenvalue weighted by atomic mass is 16.5. The smallest absolute Gasteiger partial charge is 0.256 e. The Bertz CT molecular complexity index is 1120. The van der Waals surface area contributed by atoms with Crippen LogP contribution in [0.2, 0.25) is 0 Å². The number of para-hydroxylation sites is 1. The number of ether oxygens (including phenoxy) is 2. The molecule has 0 radical (unpaired) electrons. The number of nitrogens with zero attached hydrogens (tertiary/aromatic N) is 1. The summed E-state index contributed by atoms with van der Waals surface area (Å²) in [6.07, 6.45) is 2.17. The summed E-state index contributed by atoms with van der Waals surface area (Å²) >= 11 is 0. The quantitative estimate of drug-likeness (QED) is 0.378. The first kappa shape index (κ1) is 23.0. The zero-order valence-electron chi connectivity index (χ0n) is 19.0. The van der Waals surface area contributed by atoms with Crippen molar-refractivity contribution < 1.29 is 19.1 Å². The van der Waals surface area contributed by atoms with Crippen molar-refractivity contribution in [3.63, 3.8) is 0 Å². The van der Waals surface area contributed by atoms with Gasteiger partial charge in [0.05, 0.1) is 26.0 Å². The Morgan fingerprint density at radius 3 is 2.48 bits per heavy atom. The maximum absolute atomic E-state index is 13.2. The zero-order chi connectivity index (χ0) is 23.0. The molecule has 1 saturated heterocycles. The first-order chi connectivity index (χ1) is 16.2. The summed E-state index contributed by atoms with van der Waals surface area (Å²) < 4.78 is 10.9. The van der Waals surface area contributed by atoms with Crippen LogP contribution in [0.15, 0.2) is 60.7 Å². The lowest BCUT2D eigenvalue weighted by Gasteiger charge is -2.26. The van der Waals surface area contributed by atoms with E-state index in [1.807, 2.05) is 36.4 Å². The highest BCUT2D eigenvalue weighted by Gasteiger charge is 2.19. The third kappa shape index (κ3) is 5.59. The first-order valence-corrected chi connectivity index (χ1v) is 11.5. The molecule has 0 aliphatic carbocycles. The van der Waals surface area contributed by atoms with Crippen molar-refractivity contribution in [3.8, 4) is 5.75 Å². The van der Waals surface area contributed by atoms with E-state index < -0.39 is 0 Å². The highest BCUT2D eigenvalue weighted by Crippen LogP contribution is 2.31. The molecule has 1 amide bonds. The summed E-state index contributed by atoms with van der Waals surface area (Å²) in [6, 6.07) is 18.7. The molecule has 3 aromatic carbocycles. The molecule has 1 fully saturated rings. The Kier molecular flexibility index (Phi) is 7.70. The van der Waals surface area contributed by atoms with Gasteiger partial charge in [0.2, 0.25) is 0 Å². The van der Waals surface area contributed by atoms with Gasteiger partial charge in [-0.25, -0.2) is 0 Å². The standard InChI is InChI=1S/C27H30N2O4/c1-32-25-14-7-12-23(24(30)13-4-5-15-29-16-18-33-19-17-29)26(25)28-27(31)22-11-6-9-20-8-2-3-10-21(20)22/h2-3,6-12,14H,4-5,13,15-19H2,1H3,(H,28,31). The van der Waals surface area contributed by atoms with E-state index >= 15 is 0 Å². The minimum atomic E-state index is -0.266. The number of anilines is 1. The fourth-order valence-corrected chi connectivity index (χ4v) is 4.25. The molecular formula is C27H30N2O4. The monoisotopic (exact) mass is 446 g/mol. The van der Waals surface area contributed by atoms with Crippen LogP contribution in [0.4, 0.5) is 5.69 Å². The Labute approximate surface area is 194 Å². The SMILES string of the molecule is COc1cccc(C(=O)CCCCN2CCOCC2)c1NC(=O)c1cccc2ccccc12. The van der Waals surface area contributed by atoms with E-state index in [0.717, 1.165) is 56.5 Å². The minimum Gasteiger partial charge on any atom is -0.495 e. The van der Waals surface area contributed by atoms with E-state index in [-0.39, 0.29) is 11.7 Å². The van der Waals surface area contributed by atoms with Gasteiger partial charge in [0.25, 0.3) is 5.91 Å². The van der Waals surface area contributed by atoms with Crippen molar-refractivity contribution in [1.82, 2.24) is 4.90 Å². The normalized spacial score (nSPS) is 14.2. The van der Waals surface area contributed by atoms with Gasteiger partial charge >= 0.3 is 0 Å². The van der Waals surface area contributed by atoms with Crippen LogP contribution < -0.4 is 10.1 Å². The molecule has 0 saturated carbocycles. The van der Waals surface area contributed by atoms with Crippen molar-refractivity contribution in [3.05, 3.63) is 71.8 Å². The van der Waals surface area contributed by atoms with Crippen LogP contribution in [0.1, 0.15) is 40.0 Å². The Morgan fingerprint density at radius 2 is 1.67 bits per heavy atom. The zero-order valence-corrected chi connectivity index (χ0v) is 19.0. The van der Waals surface area contributed by atoms with Crippen LogP contribution in [-0.2, 0) is 4.74 Å². The van der Waals surface area contributed by atoms with Crippen LogP contribution in [-0.4, -0.2) is 56.5 Å². The lowest BCUT2D eigenvalue weighted by Crippen LogP contribution is -2.36. The topological polar surface area (TPSA) is 67.9 Å². The average Bonchev–Trinajstić information content (AvgIpc) is 2.86. The molecule has 0 bridgehead atoms. The fourth-order valence-electron chi connectivity index (χ4n) is 4.25. The average molecular weight is 447 g/mol. The second-order valence-corrected chi connectivity index (χ2v) is 8.20. The number of ketones is 1. The Hall–Kier alpha value is -3.22. The maximum atomic E-state index is 13.2. The second kappa shape index (κ2) is 11.1. The molecule has 0 atom stereocenters. The molecule has 1 N–H and O–H groups in total. The molecule has 1 aliphatic heterocycles. The summed E-state index contributed by atoms with van der Waals surface area (Å²) in [7, 11) is 1.54. The number of methoxy groups -OCH3 is 1. The predicted octanol–water partition coefficient (Wildman–Crippen LogP) is 4.79. The van der Waals surface area contributed by atoms with Crippen LogP contribution in [0, 0.1) is 0 Å². The number of hydrogen-bond acceptors (Lipinski definition) is 5. The van der Waals surface area contributed by atoms with Gasteiger partial charge < -0.3 is 14.8 Å². The summed E-state index contributed by atoms with van der Waals surface area (Å²) in [6.45, 7) is 4.44. The van der Waals surface area contributed by atoms with E-state index in [9.17, 15) is 9.59 Å². The van der Waals surface area contributed by atoms with Gasteiger partial charge in [0, 0.05) is 30.6 Å². The summed E-state index contributed by atoms with van der Waals surface area (Å²) in [5.74, 6) is 0.213. The van der Waals surface area contributed by atoms with E-state index in [1.54, 1.807) is 31.4 Å². The van der Waals surface area contributed by atoms with Gasteiger partial charge in [-0.05, 0) is 48.4 Å². The Morgan fingerprint density at radius 1 is 0.939 bits per heavy atom. The predicted molar refractivity (Wildman–Crippen MR) is 130 cm³/mol. The number of morpholine rings is 1. The maximum Gasteiger partial charge on any atom is 0.256 e. The van der Waals surface area contributed by atoms with Gasteiger partial charge in [-0.2, -0.15) is 0 Å². The van der Waals surface area contributed by atoms with Gasteiger partial charge in [-0.15, -0.1) is 0 Å². The van der Waals surface area contributed by atoms with Crippen molar-refractivity contribution in [1.29, 1.82) is 0 Å². The molecule has 1 aliphatic rings. The molecule has 33 heavy (non-hydrogen) atoms. The number of rotatable bonds is 9. The van der Waals surface area contributed by atoms with Crippen LogP contribution in [0.25, 0.3) is 10.8 Å². The van der Waals surface area contributed by atoms with Crippen molar-refractivity contribution >= 4 is 28.2 Å². The van der Waals surface area contributed by atoms with Gasteiger partial charge in [0.15, 0.2) is 5.78 Å². The molecule has 1 heterocycles. The second-order valence-electron chi connectivity index (χ2n) is 8.20. The number of Topliss-reactive ketones (excluding diaryl/α,β-unsaturated/α-hetero) is 1. The van der Waals surface area contributed by atoms with Gasteiger partial charge in [-0.3, -0.25) is 14.5 Å². The van der Waals surface area contributed by atoms with Crippen LogP contribution in [0.5, 0.6) is 5.75 Å². The molecule has 0 aromatic heterocycles. The molecule has 3 aromatic rings. The highest BCUT2D eigenvalue weighted by molar-refractivity contribution is 6.15. The van der Waals surface area contributed by atoms with E-state index in [1.165, 1.54) is 0 Å². The van der Waals surface area contributed by atoms with Crippen molar-refractivity contribution in [2.24, 2.45) is 0 Å². The van der Waals surface area contributed by atoms with Crippen LogP contribution in [0.3, 0.4) is 0 Å². The largest absolute Gasteiger partial charge is 0.495 e. The van der Waals surface area contributed by atoms with E-state index in [4.69, 9.17) is 9.47 Å². The van der Waals surface area contributed by atoms with Crippen LogP contribution >= 0.6 is 0 Å². The molecule has 0 spiro atoms. The summed E-state index contributed by atoms with van der Waals surface area (Å²) in [4.78, 5) is 28.7. The third-order valence-electron chi connectivity index (χ3n) is 6.05. The number of carbonyl (C=O) groups excluding carboxylic acids is 2. The number of fused-ring (bicyclic) bond motifs is 1. The third-order valence-corrected chi connectivity index (χ3v) is 6.05. The number of hydrogen-bond donors (Lipinski definition) is 1. The molecule has 4 rings (SSSR count). The summed E-state index contributed by atoms with van der Waals surface area (Å²) in [5, 5.41) is 4.81.